The van der Waals surface area contributed by atoms with Crippen molar-refractivity contribution in [3.8, 4) is 5.95 Å². The quantitative estimate of drug-likeness (QED) is 0.509. The zero-order valence-corrected chi connectivity index (χ0v) is 11.9. The van der Waals surface area contributed by atoms with Crippen molar-refractivity contribution in [3.63, 3.8) is 0 Å². The van der Waals surface area contributed by atoms with Gasteiger partial charge in [-0.3, -0.25) is 0 Å². The Balaban J connectivity index is 2.24. The Labute approximate surface area is 121 Å². The van der Waals surface area contributed by atoms with Crippen molar-refractivity contribution in [1.29, 1.82) is 0 Å². The lowest BCUT2D eigenvalue weighted by Gasteiger charge is -2.20. The summed E-state index contributed by atoms with van der Waals surface area (Å²) < 4.78 is 1.40. The second-order valence-electron chi connectivity index (χ2n) is 4.66. The second-order valence-corrected chi connectivity index (χ2v) is 4.66. The van der Waals surface area contributed by atoms with Gasteiger partial charge in [-0.1, -0.05) is 0 Å². The first-order valence-electron chi connectivity index (χ1n) is 6.46. The molecule has 114 valence electrons. The smallest absolute Gasteiger partial charge is 0.258 e. The molecule has 0 spiro atoms. The van der Waals surface area contributed by atoms with Crippen LogP contribution in [0.4, 0.5) is 11.9 Å². The van der Waals surface area contributed by atoms with Crippen LogP contribution in [0.3, 0.4) is 0 Å². The highest BCUT2D eigenvalue weighted by Gasteiger charge is 2.19. The van der Waals surface area contributed by atoms with Gasteiger partial charge in [0.1, 0.15) is 18.3 Å². The lowest BCUT2D eigenvalue weighted by Crippen LogP contribution is -2.37. The molecular formula is C11H18N8O2. The Kier molecular flexibility index (Phi) is 4.60. The molecule has 0 radical (unpaired) electrons. The molecule has 2 heterocycles. The summed E-state index contributed by atoms with van der Waals surface area (Å²) in [4.78, 5) is 16.4. The predicted molar refractivity (Wildman–Crippen MR) is 75.1 cm³/mol. The molecule has 4 N–H and O–H groups in total. The highest BCUT2D eigenvalue weighted by Crippen LogP contribution is 2.10. The molecule has 0 aliphatic rings. The number of aromatic nitrogens is 6. The number of hydrogen-bond donors (Lipinski definition) is 4. The Morgan fingerprint density at radius 3 is 2.52 bits per heavy atom. The van der Waals surface area contributed by atoms with Crippen LogP contribution in [0, 0.1) is 0 Å². The number of rotatable bonds is 7. The summed E-state index contributed by atoms with van der Waals surface area (Å²) in [5, 5.41) is 28.6. The van der Waals surface area contributed by atoms with Gasteiger partial charge in [0.05, 0.1) is 6.61 Å². The van der Waals surface area contributed by atoms with E-state index in [2.05, 4.69) is 35.7 Å². The van der Waals surface area contributed by atoms with Crippen molar-refractivity contribution >= 4 is 11.9 Å². The first-order valence-corrected chi connectivity index (χ1v) is 6.46. The van der Waals surface area contributed by atoms with Gasteiger partial charge in [-0.2, -0.15) is 24.7 Å². The molecule has 2 aromatic heterocycles. The van der Waals surface area contributed by atoms with Crippen LogP contribution in [0.2, 0.25) is 0 Å². The summed E-state index contributed by atoms with van der Waals surface area (Å²) in [6, 6.07) is 0. The molecule has 0 aliphatic carbocycles. The first kappa shape index (κ1) is 15.1. The maximum Gasteiger partial charge on any atom is 0.258 e. The fraction of sp³-hybridized carbons (Fsp3) is 0.545. The van der Waals surface area contributed by atoms with Gasteiger partial charge in [0, 0.05) is 13.1 Å². The lowest BCUT2D eigenvalue weighted by atomic mass is 10.1. The SMILES string of the molecule is CCNc1nc(NCC(C)(O)CO)nc(-n2cncn2)n1. The molecule has 0 saturated heterocycles. The summed E-state index contributed by atoms with van der Waals surface area (Å²) in [7, 11) is 0. The van der Waals surface area contributed by atoms with Gasteiger partial charge in [0.25, 0.3) is 5.95 Å². The zero-order chi connectivity index (χ0) is 15.3. The molecule has 1 atom stereocenters. The Morgan fingerprint density at radius 1 is 1.24 bits per heavy atom. The van der Waals surface area contributed by atoms with E-state index in [-0.39, 0.29) is 19.1 Å². The van der Waals surface area contributed by atoms with E-state index in [0.29, 0.717) is 18.4 Å². The minimum absolute atomic E-state index is 0.0931. The van der Waals surface area contributed by atoms with Crippen molar-refractivity contribution in [2.75, 3.05) is 30.3 Å². The van der Waals surface area contributed by atoms with E-state index in [1.807, 2.05) is 6.92 Å². The fourth-order valence-corrected chi connectivity index (χ4v) is 1.42. The van der Waals surface area contributed by atoms with Gasteiger partial charge in [0.15, 0.2) is 0 Å². The number of anilines is 2. The highest BCUT2D eigenvalue weighted by atomic mass is 16.3. The molecule has 0 aromatic carbocycles. The number of nitrogens with one attached hydrogen (secondary N) is 2. The molecule has 0 aliphatic heterocycles. The van der Waals surface area contributed by atoms with Crippen LogP contribution in [-0.4, -0.2) is 65.2 Å². The fourth-order valence-electron chi connectivity index (χ4n) is 1.42. The lowest BCUT2D eigenvalue weighted by molar-refractivity contribution is 0.0131. The molecule has 21 heavy (non-hydrogen) atoms. The standard InChI is InChI=1S/C11H18N8O2/c1-3-13-8-16-9(14-4-11(2,21)5-20)18-10(17-8)19-7-12-6-15-19/h6-7,20-21H,3-5H2,1-2H3,(H2,13,14,16,17,18). The first-order chi connectivity index (χ1) is 10.0. The van der Waals surface area contributed by atoms with E-state index in [4.69, 9.17) is 5.11 Å². The molecule has 2 aromatic rings. The summed E-state index contributed by atoms with van der Waals surface area (Å²) in [5.74, 6) is 0.939. The summed E-state index contributed by atoms with van der Waals surface area (Å²) >= 11 is 0. The van der Waals surface area contributed by atoms with Crippen LogP contribution in [0.5, 0.6) is 0 Å². The van der Waals surface area contributed by atoms with E-state index < -0.39 is 5.60 Å². The topological polar surface area (TPSA) is 134 Å². The van der Waals surface area contributed by atoms with Crippen molar-refractivity contribution in [3.05, 3.63) is 12.7 Å². The van der Waals surface area contributed by atoms with Crippen molar-refractivity contribution in [2.24, 2.45) is 0 Å². The highest BCUT2D eigenvalue weighted by molar-refractivity contribution is 5.37. The van der Waals surface area contributed by atoms with Crippen LogP contribution < -0.4 is 10.6 Å². The largest absolute Gasteiger partial charge is 0.393 e. The van der Waals surface area contributed by atoms with E-state index >= 15 is 0 Å². The van der Waals surface area contributed by atoms with Crippen molar-refractivity contribution in [2.45, 2.75) is 19.4 Å². The number of aliphatic hydroxyl groups is 2. The number of nitrogens with zero attached hydrogens (tertiary/aromatic N) is 6. The van der Waals surface area contributed by atoms with E-state index in [1.165, 1.54) is 24.3 Å². The average Bonchev–Trinajstić information content (AvgIpc) is 3.00. The van der Waals surface area contributed by atoms with Crippen molar-refractivity contribution < 1.29 is 10.2 Å². The molecular weight excluding hydrogens is 276 g/mol. The molecule has 0 fully saturated rings. The van der Waals surface area contributed by atoms with Gasteiger partial charge in [-0.25, -0.2) is 4.98 Å². The number of aliphatic hydroxyl groups excluding tert-OH is 1. The molecule has 1 unspecified atom stereocenters. The zero-order valence-electron chi connectivity index (χ0n) is 11.9. The van der Waals surface area contributed by atoms with Gasteiger partial charge >= 0.3 is 0 Å². The van der Waals surface area contributed by atoms with Crippen molar-refractivity contribution in [1.82, 2.24) is 29.7 Å². The maximum absolute atomic E-state index is 9.78. The third kappa shape index (κ3) is 4.07. The minimum Gasteiger partial charge on any atom is -0.393 e. The molecule has 0 amide bonds. The van der Waals surface area contributed by atoms with E-state index in [0.717, 1.165) is 0 Å². The normalized spacial score (nSPS) is 13.7. The van der Waals surface area contributed by atoms with Gasteiger partial charge in [-0.05, 0) is 13.8 Å². The van der Waals surface area contributed by atoms with Crippen LogP contribution in [0.15, 0.2) is 12.7 Å². The van der Waals surface area contributed by atoms with Gasteiger partial charge in [0.2, 0.25) is 11.9 Å². The van der Waals surface area contributed by atoms with E-state index in [1.54, 1.807) is 0 Å². The average molecular weight is 294 g/mol. The van der Waals surface area contributed by atoms with Crippen LogP contribution >= 0.6 is 0 Å². The third-order valence-corrected chi connectivity index (χ3v) is 2.55. The van der Waals surface area contributed by atoms with Gasteiger partial charge < -0.3 is 20.8 Å². The Bertz CT molecular complexity index is 572. The van der Waals surface area contributed by atoms with E-state index in [9.17, 15) is 5.11 Å². The molecule has 2 rings (SSSR count). The third-order valence-electron chi connectivity index (χ3n) is 2.55. The molecule has 10 heteroatoms. The predicted octanol–water partition coefficient (Wildman–Crippen LogP) is -0.961. The molecule has 10 nitrogen and oxygen atoms in total. The summed E-state index contributed by atoms with van der Waals surface area (Å²) in [6.45, 7) is 3.79. The summed E-state index contributed by atoms with van der Waals surface area (Å²) in [6.07, 6.45) is 2.85. The Morgan fingerprint density at radius 2 is 1.95 bits per heavy atom. The second kappa shape index (κ2) is 6.41. The van der Waals surface area contributed by atoms with Crippen LogP contribution in [0.25, 0.3) is 5.95 Å². The van der Waals surface area contributed by atoms with Crippen LogP contribution in [0.1, 0.15) is 13.8 Å². The minimum atomic E-state index is -1.27. The Hall–Kier alpha value is -2.33. The summed E-state index contributed by atoms with van der Waals surface area (Å²) in [5.41, 5.74) is -1.27. The molecule has 0 bridgehead atoms. The van der Waals surface area contributed by atoms with Gasteiger partial charge in [-0.15, -0.1) is 0 Å². The maximum atomic E-state index is 9.78. The molecule has 0 saturated carbocycles. The van der Waals surface area contributed by atoms with Crippen LogP contribution in [-0.2, 0) is 0 Å². The number of hydrogen-bond acceptors (Lipinski definition) is 9. The monoisotopic (exact) mass is 294 g/mol.